The molecular formula is C24H24N4O3. The number of tetrazole rings is 1. The van der Waals surface area contributed by atoms with Crippen molar-refractivity contribution in [3.05, 3.63) is 99.5 Å². The molecule has 0 unspecified atom stereocenters. The Morgan fingerprint density at radius 3 is 2.39 bits per heavy atom. The Labute approximate surface area is 180 Å². The van der Waals surface area contributed by atoms with E-state index >= 15 is 0 Å². The van der Waals surface area contributed by atoms with Crippen molar-refractivity contribution in [3.63, 3.8) is 0 Å². The van der Waals surface area contributed by atoms with Crippen LogP contribution in [0.1, 0.15) is 22.3 Å². The van der Waals surface area contributed by atoms with E-state index in [4.69, 9.17) is 9.47 Å². The van der Waals surface area contributed by atoms with Crippen LogP contribution in [0.25, 0.3) is 5.69 Å². The van der Waals surface area contributed by atoms with Gasteiger partial charge in [-0.2, -0.15) is 9.36 Å². The van der Waals surface area contributed by atoms with Crippen molar-refractivity contribution in [2.75, 3.05) is 7.11 Å². The summed E-state index contributed by atoms with van der Waals surface area (Å²) >= 11 is 0. The lowest BCUT2D eigenvalue weighted by molar-refractivity contribution is 0.294. The maximum Gasteiger partial charge on any atom is 0.368 e. The molecule has 0 radical (unpaired) electrons. The van der Waals surface area contributed by atoms with E-state index in [2.05, 4.69) is 34.7 Å². The molecule has 0 aliphatic heterocycles. The Morgan fingerprint density at radius 1 is 0.903 bits per heavy atom. The van der Waals surface area contributed by atoms with Crippen molar-refractivity contribution in [1.82, 2.24) is 19.8 Å². The van der Waals surface area contributed by atoms with Gasteiger partial charge in [-0.05, 0) is 58.7 Å². The summed E-state index contributed by atoms with van der Waals surface area (Å²) in [5, 5.41) is 7.75. The third-order valence-electron chi connectivity index (χ3n) is 5.14. The molecular weight excluding hydrogens is 392 g/mol. The van der Waals surface area contributed by atoms with Gasteiger partial charge in [0.05, 0.1) is 18.4 Å². The fourth-order valence-electron chi connectivity index (χ4n) is 3.52. The van der Waals surface area contributed by atoms with Crippen molar-refractivity contribution in [3.8, 4) is 17.2 Å². The molecule has 0 atom stereocenters. The van der Waals surface area contributed by atoms with Gasteiger partial charge >= 0.3 is 5.69 Å². The van der Waals surface area contributed by atoms with Crippen molar-refractivity contribution in [1.29, 1.82) is 0 Å². The van der Waals surface area contributed by atoms with Gasteiger partial charge in [0.1, 0.15) is 18.1 Å². The van der Waals surface area contributed by atoms with Gasteiger partial charge in [-0.15, -0.1) is 0 Å². The fourth-order valence-corrected chi connectivity index (χ4v) is 3.52. The van der Waals surface area contributed by atoms with E-state index < -0.39 is 0 Å². The molecule has 0 spiro atoms. The third kappa shape index (κ3) is 4.35. The standard InChI is InChI=1S/C24H24N4O3/c1-17-14-19(15-18-8-5-4-6-9-18)12-13-22(17)31-16-20-21(10-7-11-23(20)30-3)28-24(29)27(2)25-26-28/h4-14H,15-16H2,1-3H3. The van der Waals surface area contributed by atoms with Crippen molar-refractivity contribution >= 4 is 0 Å². The first-order valence-corrected chi connectivity index (χ1v) is 9.98. The number of aryl methyl sites for hydroxylation is 2. The lowest BCUT2D eigenvalue weighted by Crippen LogP contribution is -2.23. The first-order valence-electron chi connectivity index (χ1n) is 9.98. The average molecular weight is 416 g/mol. The summed E-state index contributed by atoms with van der Waals surface area (Å²) in [6.45, 7) is 2.25. The Morgan fingerprint density at radius 2 is 1.71 bits per heavy atom. The van der Waals surface area contributed by atoms with E-state index in [1.807, 2.05) is 43.3 Å². The van der Waals surface area contributed by atoms with Crippen LogP contribution in [0.4, 0.5) is 0 Å². The Balaban J connectivity index is 1.58. The smallest absolute Gasteiger partial charge is 0.368 e. The summed E-state index contributed by atoms with van der Waals surface area (Å²) in [6, 6.07) is 22.0. The van der Waals surface area contributed by atoms with Gasteiger partial charge in [0.2, 0.25) is 0 Å². The number of ether oxygens (including phenoxy) is 2. The SMILES string of the molecule is COc1cccc(-n2nnn(C)c2=O)c1COc1ccc(Cc2ccccc2)cc1C. The zero-order valence-electron chi connectivity index (χ0n) is 17.8. The molecule has 4 aromatic rings. The molecule has 0 aliphatic carbocycles. The van der Waals surface area contributed by atoms with Crippen LogP contribution in [0.2, 0.25) is 0 Å². The van der Waals surface area contributed by atoms with E-state index in [0.29, 0.717) is 11.4 Å². The fraction of sp³-hybridized carbons (Fsp3) is 0.208. The van der Waals surface area contributed by atoms with Gasteiger partial charge in [-0.25, -0.2) is 4.79 Å². The number of hydrogen-bond acceptors (Lipinski definition) is 5. The van der Waals surface area contributed by atoms with E-state index in [1.54, 1.807) is 20.2 Å². The average Bonchev–Trinajstić information content (AvgIpc) is 3.12. The Hall–Kier alpha value is -3.87. The number of hydrogen-bond donors (Lipinski definition) is 0. The second kappa shape index (κ2) is 8.87. The summed E-state index contributed by atoms with van der Waals surface area (Å²) in [4.78, 5) is 12.4. The van der Waals surface area contributed by atoms with Crippen LogP contribution < -0.4 is 15.2 Å². The van der Waals surface area contributed by atoms with Gasteiger partial charge < -0.3 is 9.47 Å². The summed E-state index contributed by atoms with van der Waals surface area (Å²) < 4.78 is 14.1. The Kier molecular flexibility index (Phi) is 5.84. The number of aromatic nitrogens is 4. The van der Waals surface area contributed by atoms with Crippen molar-refractivity contribution in [2.45, 2.75) is 20.0 Å². The molecule has 4 rings (SSSR count). The second-order valence-corrected chi connectivity index (χ2v) is 7.31. The Bertz CT molecular complexity index is 1250. The minimum absolute atomic E-state index is 0.223. The lowest BCUT2D eigenvalue weighted by Gasteiger charge is -2.15. The summed E-state index contributed by atoms with van der Waals surface area (Å²) in [7, 11) is 3.15. The highest BCUT2D eigenvalue weighted by Gasteiger charge is 2.16. The highest BCUT2D eigenvalue weighted by molar-refractivity contribution is 5.49. The zero-order chi connectivity index (χ0) is 21.8. The van der Waals surface area contributed by atoms with Crippen molar-refractivity contribution in [2.24, 2.45) is 7.05 Å². The molecule has 0 saturated carbocycles. The monoisotopic (exact) mass is 416 g/mol. The minimum Gasteiger partial charge on any atom is -0.496 e. The largest absolute Gasteiger partial charge is 0.496 e. The molecule has 7 nitrogen and oxygen atoms in total. The second-order valence-electron chi connectivity index (χ2n) is 7.31. The van der Waals surface area contributed by atoms with Crippen LogP contribution in [0.3, 0.4) is 0 Å². The van der Waals surface area contributed by atoms with Gasteiger partial charge in [0.25, 0.3) is 0 Å². The van der Waals surface area contributed by atoms with E-state index in [0.717, 1.165) is 23.3 Å². The maximum atomic E-state index is 12.4. The molecule has 3 aromatic carbocycles. The molecule has 1 heterocycles. The van der Waals surface area contributed by atoms with Crippen LogP contribution in [-0.2, 0) is 20.1 Å². The van der Waals surface area contributed by atoms with Crippen molar-refractivity contribution < 1.29 is 9.47 Å². The highest BCUT2D eigenvalue weighted by Crippen LogP contribution is 2.28. The molecule has 1 aromatic heterocycles. The van der Waals surface area contributed by atoms with E-state index in [1.165, 1.54) is 20.5 Å². The molecule has 31 heavy (non-hydrogen) atoms. The molecule has 158 valence electrons. The first kappa shape index (κ1) is 20.4. The van der Waals surface area contributed by atoms with E-state index in [9.17, 15) is 4.79 Å². The highest BCUT2D eigenvalue weighted by atomic mass is 16.5. The molecule has 0 N–H and O–H groups in total. The summed E-state index contributed by atoms with van der Waals surface area (Å²) in [5.74, 6) is 1.40. The summed E-state index contributed by atoms with van der Waals surface area (Å²) in [6.07, 6.45) is 0.869. The van der Waals surface area contributed by atoms with E-state index in [-0.39, 0.29) is 12.3 Å². The number of methoxy groups -OCH3 is 1. The number of benzene rings is 3. The topological polar surface area (TPSA) is 71.2 Å². The number of rotatable bonds is 7. The van der Waals surface area contributed by atoms with Gasteiger partial charge in [0, 0.05) is 7.05 Å². The molecule has 0 amide bonds. The molecule has 0 aliphatic rings. The zero-order valence-corrected chi connectivity index (χ0v) is 17.8. The first-order chi connectivity index (χ1) is 15.1. The van der Waals surface area contributed by atoms with Gasteiger partial charge in [-0.3, -0.25) is 0 Å². The summed E-state index contributed by atoms with van der Waals surface area (Å²) in [5.41, 5.74) is 4.50. The van der Waals surface area contributed by atoms with Crippen LogP contribution in [-0.4, -0.2) is 26.9 Å². The molecule has 0 fully saturated rings. The number of nitrogens with zero attached hydrogens (tertiary/aromatic N) is 4. The predicted octanol–water partition coefficient (Wildman–Crippen LogP) is 3.45. The molecule has 0 bridgehead atoms. The molecule has 7 heteroatoms. The normalized spacial score (nSPS) is 10.8. The van der Waals surface area contributed by atoms with Crippen LogP contribution in [0, 0.1) is 6.92 Å². The van der Waals surface area contributed by atoms with Crippen LogP contribution in [0.5, 0.6) is 11.5 Å². The van der Waals surface area contributed by atoms with Crippen LogP contribution >= 0.6 is 0 Å². The third-order valence-corrected chi connectivity index (χ3v) is 5.14. The van der Waals surface area contributed by atoms with Crippen LogP contribution in [0.15, 0.2) is 71.5 Å². The van der Waals surface area contributed by atoms with Gasteiger partial charge in [0.15, 0.2) is 0 Å². The quantitative estimate of drug-likeness (QED) is 0.461. The minimum atomic E-state index is -0.337. The maximum absolute atomic E-state index is 12.4. The van der Waals surface area contributed by atoms with Gasteiger partial charge in [-0.1, -0.05) is 48.5 Å². The lowest BCUT2D eigenvalue weighted by atomic mass is 10.0. The molecule has 0 saturated heterocycles. The predicted molar refractivity (Wildman–Crippen MR) is 118 cm³/mol.